The highest BCUT2D eigenvalue weighted by Crippen LogP contribution is 2.42. The highest BCUT2D eigenvalue weighted by Gasteiger charge is 2.31. The van der Waals surface area contributed by atoms with Crippen molar-refractivity contribution in [2.45, 2.75) is 102 Å². The van der Waals surface area contributed by atoms with Gasteiger partial charge < -0.3 is 44.5 Å². The number of hydrogen-bond acceptors (Lipinski definition) is 14. The molecule has 128 heavy (non-hydrogen) atoms. The zero-order valence-corrected chi connectivity index (χ0v) is 68.7. The van der Waals surface area contributed by atoms with Gasteiger partial charge in [0.15, 0.2) is 0 Å². The molecule has 0 spiro atoms. The van der Waals surface area contributed by atoms with Crippen molar-refractivity contribution in [3.63, 3.8) is 0 Å². The predicted molar refractivity (Wildman–Crippen MR) is 468 cm³/mol. The first-order valence-corrected chi connectivity index (χ1v) is 40.2. The minimum Gasteiger partial charge on any atom is -0.423 e. The van der Waals surface area contributed by atoms with Gasteiger partial charge in [0.1, 0.15) is 105 Å². The third-order valence-electron chi connectivity index (χ3n) is 21.3. The molecule has 12 aromatic rings. The SMILES string of the molecule is C.NC(=O)c1cc(-c2ccc(N)nc2[C@@H](CC(=O)CC2=CCc3ccc(F)cc32)Cc2cc(F)cc(F)c2)ccc1F.NC(=O)c1cc(-c2ccc(N)nc2[C@H](CC(=O)CC2=CCc3ccc(F)cc32)Cc2cc(F)cc(F)c2)ccc1F.NC(=O)c1cc(B(O)O)ccc1F.Nc1ccc(Br)c(C(CC(=O)CC2=CCc3ccc(F)cc32)Cc2cc(F)cc(F)c2)n1. The lowest BCUT2D eigenvalue weighted by molar-refractivity contribution is -0.119. The minimum absolute atomic E-state index is 0. The first-order valence-electron chi connectivity index (χ1n) is 39.4. The number of primary amides is 3. The standard InChI is InChI=1S/2C32H25F4N3O2.C25H20BrF3N2O.C7H7BFNO3.CH4/c2*33-22-5-3-18-1-2-19(27(18)16-22)12-25(40)13-21(9-17-10-23(34)15-24(35)11-17)31-26(6-8-30(37)39-31)20-4-7-29(36)28(14-20)32(38)41;26-23-5-6-24(30)31-25(23)17(7-14-8-19(28)12-20(29)9-14)11-21(32)10-16-2-1-15-3-4-18(27)13-22(15)16;9-6-2-1-4(8(12)13)3-5(6)7(10)11;/h2*2-8,10-11,14-16,21H,1,9,12-13H2,(H2,37,39)(H2,38,41);2-6,8-9,12-13,17H,1,7,10-11H2,(H2,30,31);1-3,12-13H,(H2,10,11);1H4/t2*21-;;;/m10.../s1. The maximum Gasteiger partial charge on any atom is 0.488 e. The number of pyridine rings is 3. The summed E-state index contributed by atoms with van der Waals surface area (Å²) < 4.78 is 167. The molecule has 3 aliphatic rings. The van der Waals surface area contributed by atoms with E-state index in [2.05, 4.69) is 30.9 Å². The molecule has 0 bridgehead atoms. The van der Waals surface area contributed by atoms with Gasteiger partial charge in [0.05, 0.1) is 33.8 Å². The van der Waals surface area contributed by atoms with E-state index >= 15 is 0 Å². The molecule has 0 fully saturated rings. The second kappa shape index (κ2) is 41.9. The van der Waals surface area contributed by atoms with Crippen molar-refractivity contribution < 1.29 is 91.5 Å². The number of amides is 3. The topological polar surface area (TPSA) is 338 Å². The van der Waals surface area contributed by atoms with Crippen LogP contribution in [0.2, 0.25) is 0 Å². The van der Waals surface area contributed by atoms with E-state index < -0.39 is 107 Å². The van der Waals surface area contributed by atoms with Gasteiger partial charge in [-0.3, -0.25) is 28.8 Å². The summed E-state index contributed by atoms with van der Waals surface area (Å²) in [7, 11) is -1.74. The number of fused-ring (bicyclic) bond motifs is 3. The van der Waals surface area contributed by atoms with Crippen LogP contribution in [-0.4, -0.2) is 67.2 Å². The summed E-state index contributed by atoms with van der Waals surface area (Å²) >= 11 is 3.45. The van der Waals surface area contributed by atoms with E-state index in [0.717, 1.165) is 76.4 Å². The van der Waals surface area contributed by atoms with Gasteiger partial charge in [-0.1, -0.05) is 62.1 Å². The smallest absolute Gasteiger partial charge is 0.423 e. The Bertz CT molecular complexity index is 6120. The molecule has 3 aliphatic carbocycles. The number of nitrogen functional groups attached to an aromatic ring is 3. The molecule has 3 aromatic heterocycles. The number of aromatic nitrogens is 3. The van der Waals surface area contributed by atoms with E-state index in [9.17, 15) is 81.5 Å². The number of hydrogen-bond donors (Lipinski definition) is 8. The Morgan fingerprint density at radius 2 is 0.641 bits per heavy atom. The number of nitrogens with zero attached hydrogens (tertiary/aromatic N) is 3. The average Bonchev–Trinajstić information content (AvgIpc) is 0.970. The van der Waals surface area contributed by atoms with E-state index in [1.165, 1.54) is 109 Å². The normalized spacial score (nSPS) is 12.7. The van der Waals surface area contributed by atoms with Crippen LogP contribution in [0.3, 0.4) is 0 Å². The lowest BCUT2D eigenvalue weighted by Crippen LogP contribution is -2.31. The Kier molecular flexibility index (Phi) is 31.0. The molecule has 0 aliphatic heterocycles. The van der Waals surface area contributed by atoms with Crippen LogP contribution in [0, 0.1) is 69.8 Å². The van der Waals surface area contributed by atoms with Crippen molar-refractivity contribution in [3.05, 3.63) is 377 Å². The van der Waals surface area contributed by atoms with Gasteiger partial charge in [-0.05, 0) is 283 Å². The molecule has 9 aromatic carbocycles. The van der Waals surface area contributed by atoms with Crippen LogP contribution in [0.4, 0.5) is 70.1 Å². The van der Waals surface area contributed by atoms with Gasteiger partial charge >= 0.3 is 7.12 Å². The number of halogens is 13. The summed E-state index contributed by atoms with van der Waals surface area (Å²) in [5, 5.41) is 17.4. The number of rotatable bonds is 27. The Morgan fingerprint density at radius 3 is 0.961 bits per heavy atom. The summed E-state index contributed by atoms with van der Waals surface area (Å²) in [6.07, 6.45) is 7.88. The highest BCUT2D eigenvalue weighted by molar-refractivity contribution is 9.10. The third-order valence-corrected chi connectivity index (χ3v) is 22.0. The number of anilines is 3. The second-order valence-corrected chi connectivity index (χ2v) is 31.4. The Balaban J connectivity index is 0.000000174. The fourth-order valence-corrected chi connectivity index (χ4v) is 16.2. The molecule has 14 N–H and O–H groups in total. The van der Waals surface area contributed by atoms with Crippen LogP contribution >= 0.6 is 15.9 Å². The number of allylic oxidation sites excluding steroid dienone is 6. The van der Waals surface area contributed by atoms with Gasteiger partial charge in [0.2, 0.25) is 0 Å². The van der Waals surface area contributed by atoms with Crippen LogP contribution in [0.25, 0.3) is 39.0 Å². The highest BCUT2D eigenvalue weighted by atomic mass is 79.9. The van der Waals surface area contributed by atoms with Crippen molar-refractivity contribution in [2.24, 2.45) is 17.2 Å². The summed E-state index contributed by atoms with van der Waals surface area (Å²) in [5.74, 6) is -12.7. The Labute approximate surface area is 735 Å². The summed E-state index contributed by atoms with van der Waals surface area (Å²) in [5.41, 5.74) is 43.5. The molecule has 0 saturated carbocycles. The lowest BCUT2D eigenvalue weighted by atomic mass is 9.79. The van der Waals surface area contributed by atoms with Crippen molar-refractivity contribution in [3.8, 4) is 22.3 Å². The van der Waals surface area contributed by atoms with Crippen LogP contribution in [0.15, 0.2) is 223 Å². The van der Waals surface area contributed by atoms with Crippen LogP contribution < -0.4 is 39.9 Å². The minimum atomic E-state index is -1.74. The molecule has 31 heteroatoms. The van der Waals surface area contributed by atoms with Crippen LogP contribution in [0.5, 0.6) is 0 Å². The fourth-order valence-electron chi connectivity index (χ4n) is 15.6. The molecule has 1 unspecified atom stereocenters. The monoisotopic (exact) mass is 1820 g/mol. The van der Waals surface area contributed by atoms with E-state index in [1.54, 1.807) is 42.5 Å². The fraction of sp³-hybridized carbons (Fsp3) is 0.165. The Hall–Kier alpha value is -13.9. The van der Waals surface area contributed by atoms with Crippen molar-refractivity contribution >= 4 is 97.8 Å². The van der Waals surface area contributed by atoms with Gasteiger partial charge in [-0.15, -0.1) is 0 Å². The summed E-state index contributed by atoms with van der Waals surface area (Å²) in [6, 6.07) is 43.4. The van der Waals surface area contributed by atoms with Crippen molar-refractivity contribution in [1.29, 1.82) is 0 Å². The number of benzene rings is 9. The van der Waals surface area contributed by atoms with E-state index in [0.29, 0.717) is 102 Å². The van der Waals surface area contributed by atoms with Gasteiger partial charge in [-0.2, -0.15) is 0 Å². The van der Waals surface area contributed by atoms with E-state index in [1.807, 2.05) is 18.2 Å². The van der Waals surface area contributed by atoms with Gasteiger partial charge in [-0.25, -0.2) is 67.6 Å². The summed E-state index contributed by atoms with van der Waals surface area (Å²) in [4.78, 5) is 87.5. The lowest BCUT2D eigenvalue weighted by Gasteiger charge is -2.21. The first kappa shape index (κ1) is 94.8. The number of nitrogens with two attached hydrogens (primary N) is 6. The zero-order valence-electron chi connectivity index (χ0n) is 67.1. The van der Waals surface area contributed by atoms with Crippen molar-refractivity contribution in [2.75, 3.05) is 17.2 Å². The molecule has 3 heterocycles. The van der Waals surface area contributed by atoms with E-state index in [4.69, 9.17) is 44.5 Å². The quantitative estimate of drug-likeness (QED) is 0.0175. The van der Waals surface area contributed by atoms with Gasteiger partial charge in [0.25, 0.3) is 17.7 Å². The third kappa shape index (κ3) is 24.4. The molecule has 3 atom stereocenters. The van der Waals surface area contributed by atoms with Crippen LogP contribution in [0.1, 0.15) is 162 Å². The maximum atomic E-state index is 14.2. The first-order chi connectivity index (χ1) is 60.4. The van der Waals surface area contributed by atoms with Crippen LogP contribution in [-0.2, 0) is 52.9 Å². The average molecular weight is 1820 g/mol. The van der Waals surface area contributed by atoms with Gasteiger partial charge in [0, 0.05) is 90.1 Å². The number of ketones is 3. The zero-order chi connectivity index (χ0) is 91.4. The van der Waals surface area contributed by atoms with E-state index in [-0.39, 0.29) is 128 Å². The number of carbonyl (C=O) groups excluding carboxylic acids is 6. The summed E-state index contributed by atoms with van der Waals surface area (Å²) in [6.45, 7) is 0. The molecular weight excluding hydrogens is 1740 g/mol. The molecule has 656 valence electrons. The maximum absolute atomic E-state index is 14.2. The number of Topliss-reactive ketones (excluding diaryl/α,β-unsaturated/α-hetero) is 3. The molecule has 0 saturated heterocycles. The number of carbonyl (C=O) groups is 6. The second-order valence-electron chi connectivity index (χ2n) is 30.5. The molecule has 15 rings (SSSR count). The predicted octanol–water partition coefficient (Wildman–Crippen LogP) is 18.0. The molecule has 17 nitrogen and oxygen atoms in total. The molecular formula is C97H81BBrF12N9O8. The Morgan fingerprint density at radius 1 is 0.344 bits per heavy atom. The largest absolute Gasteiger partial charge is 0.488 e. The molecule has 3 amide bonds. The van der Waals surface area contributed by atoms with Crippen molar-refractivity contribution in [1.82, 2.24) is 15.0 Å². The molecule has 0 radical (unpaired) electrons.